The first-order valence-corrected chi connectivity index (χ1v) is 6.50. The third-order valence-electron chi connectivity index (χ3n) is 2.49. The summed E-state index contributed by atoms with van der Waals surface area (Å²) < 4.78 is 5.59. The summed E-state index contributed by atoms with van der Waals surface area (Å²) in [5.74, 6) is -0.176. The molecule has 0 saturated heterocycles. The summed E-state index contributed by atoms with van der Waals surface area (Å²) in [6, 6.07) is 1.63. The highest BCUT2D eigenvalue weighted by atomic mass is 35.5. The Morgan fingerprint density at radius 1 is 1.58 bits per heavy atom. The Morgan fingerprint density at radius 2 is 2.21 bits per heavy atom. The molecule has 19 heavy (non-hydrogen) atoms. The molecule has 0 aliphatic heterocycles. The maximum atomic E-state index is 11.1. The third kappa shape index (κ3) is 3.96. The fraction of sp³-hybridized carbons (Fsp3) is 0.429. The summed E-state index contributed by atoms with van der Waals surface area (Å²) in [5.41, 5.74) is 1.18. The van der Waals surface area contributed by atoms with Crippen molar-refractivity contribution >= 4 is 23.3 Å². The van der Waals surface area contributed by atoms with E-state index in [1.54, 1.807) is 13.0 Å². The number of pyridine rings is 1. The van der Waals surface area contributed by atoms with E-state index < -0.39 is 5.97 Å². The predicted octanol–water partition coefficient (Wildman–Crippen LogP) is 3.78. The minimum atomic E-state index is -1.10. The Labute approximate surface area is 118 Å². The number of hydrogen-bond donors (Lipinski definition) is 1. The minimum Gasteiger partial charge on any atom is -0.494 e. The SMILES string of the molecule is CCOC(=CC(C)C)c1cc(Cl)nc(C(=O)O)c1C. The molecule has 0 fully saturated rings. The molecule has 1 heterocycles. The molecule has 4 nitrogen and oxygen atoms in total. The van der Waals surface area contributed by atoms with Crippen LogP contribution in [0.3, 0.4) is 0 Å². The van der Waals surface area contributed by atoms with Crippen LogP contribution in [-0.4, -0.2) is 22.7 Å². The molecule has 0 saturated carbocycles. The van der Waals surface area contributed by atoms with Crippen molar-refractivity contribution in [3.05, 3.63) is 34.1 Å². The summed E-state index contributed by atoms with van der Waals surface area (Å²) in [4.78, 5) is 15.0. The van der Waals surface area contributed by atoms with Crippen molar-refractivity contribution in [3.8, 4) is 0 Å². The molecular formula is C14H18ClNO3. The average Bonchev–Trinajstić information content (AvgIpc) is 2.30. The molecule has 0 amide bonds. The van der Waals surface area contributed by atoms with Crippen molar-refractivity contribution in [2.24, 2.45) is 5.92 Å². The van der Waals surface area contributed by atoms with Crippen LogP contribution in [-0.2, 0) is 4.74 Å². The highest BCUT2D eigenvalue weighted by Gasteiger charge is 2.17. The first-order valence-electron chi connectivity index (χ1n) is 6.12. The topological polar surface area (TPSA) is 59.4 Å². The quantitative estimate of drug-likeness (QED) is 0.660. The van der Waals surface area contributed by atoms with Crippen molar-refractivity contribution in [3.63, 3.8) is 0 Å². The normalized spacial score (nSPS) is 11.8. The van der Waals surface area contributed by atoms with Gasteiger partial charge >= 0.3 is 5.97 Å². The van der Waals surface area contributed by atoms with Crippen LogP contribution in [0.1, 0.15) is 42.4 Å². The van der Waals surface area contributed by atoms with E-state index in [4.69, 9.17) is 21.4 Å². The van der Waals surface area contributed by atoms with Gasteiger partial charge in [-0.2, -0.15) is 0 Å². The Bertz CT molecular complexity index is 510. The highest BCUT2D eigenvalue weighted by molar-refractivity contribution is 6.29. The first kappa shape index (κ1) is 15.5. The van der Waals surface area contributed by atoms with Crippen molar-refractivity contribution in [1.29, 1.82) is 0 Å². The molecule has 0 aromatic carbocycles. The summed E-state index contributed by atoms with van der Waals surface area (Å²) in [6.45, 7) is 8.13. The molecule has 5 heteroatoms. The molecule has 0 atom stereocenters. The number of hydrogen-bond acceptors (Lipinski definition) is 3. The van der Waals surface area contributed by atoms with Crippen LogP contribution in [0, 0.1) is 12.8 Å². The van der Waals surface area contributed by atoms with Crippen molar-refractivity contribution in [2.45, 2.75) is 27.7 Å². The number of carbonyl (C=O) groups is 1. The van der Waals surface area contributed by atoms with Crippen LogP contribution >= 0.6 is 11.6 Å². The smallest absolute Gasteiger partial charge is 0.354 e. The zero-order valence-corrected chi connectivity index (χ0v) is 12.3. The van der Waals surface area contributed by atoms with Gasteiger partial charge in [-0.3, -0.25) is 0 Å². The standard InChI is InChI=1S/C14H18ClNO3/c1-5-19-11(6-8(2)3)10-7-12(15)16-13(9(10)4)14(17)18/h6-8H,5H2,1-4H3,(H,17,18). The Morgan fingerprint density at radius 3 is 2.68 bits per heavy atom. The van der Waals surface area contributed by atoms with E-state index >= 15 is 0 Å². The lowest BCUT2D eigenvalue weighted by molar-refractivity contribution is 0.0689. The summed E-state index contributed by atoms with van der Waals surface area (Å²) in [5, 5.41) is 9.27. The van der Waals surface area contributed by atoms with Crippen molar-refractivity contribution < 1.29 is 14.6 Å². The largest absolute Gasteiger partial charge is 0.494 e. The molecule has 0 bridgehead atoms. The number of aromatic nitrogens is 1. The summed E-state index contributed by atoms with van der Waals surface area (Å²) >= 11 is 5.89. The molecule has 1 aromatic heterocycles. The van der Waals surface area contributed by atoms with Crippen molar-refractivity contribution in [1.82, 2.24) is 4.98 Å². The lowest BCUT2D eigenvalue weighted by atomic mass is 10.0. The van der Waals surface area contributed by atoms with E-state index in [1.807, 2.05) is 26.8 Å². The second kappa shape index (κ2) is 6.57. The number of ether oxygens (including phenoxy) is 1. The molecule has 0 aliphatic carbocycles. The summed E-state index contributed by atoms with van der Waals surface area (Å²) in [7, 11) is 0. The van der Waals surface area contributed by atoms with E-state index in [-0.39, 0.29) is 16.8 Å². The predicted molar refractivity (Wildman–Crippen MR) is 75.4 cm³/mol. The molecule has 0 spiro atoms. The van der Waals surface area contributed by atoms with Gasteiger partial charge in [0.2, 0.25) is 0 Å². The first-order chi connectivity index (χ1) is 8.86. The van der Waals surface area contributed by atoms with Crippen molar-refractivity contribution in [2.75, 3.05) is 6.61 Å². The van der Waals surface area contributed by atoms with E-state index in [0.717, 1.165) is 0 Å². The van der Waals surface area contributed by atoms with Crippen LogP contribution < -0.4 is 0 Å². The fourth-order valence-electron chi connectivity index (χ4n) is 1.72. The summed E-state index contributed by atoms with van der Waals surface area (Å²) in [6.07, 6.45) is 1.94. The minimum absolute atomic E-state index is 0.0446. The van der Waals surface area contributed by atoms with E-state index in [2.05, 4.69) is 4.98 Å². The Kier molecular flexibility index (Phi) is 5.36. The van der Waals surface area contributed by atoms with Crippen LogP contribution in [0.25, 0.3) is 5.76 Å². The van der Waals surface area contributed by atoms with Crippen LogP contribution in [0.2, 0.25) is 5.15 Å². The van der Waals surface area contributed by atoms with Crippen LogP contribution in [0.15, 0.2) is 12.1 Å². The van der Waals surface area contributed by atoms with Gasteiger partial charge in [0.05, 0.1) is 6.61 Å². The Balaban J connectivity index is 3.42. The lowest BCUT2D eigenvalue weighted by Gasteiger charge is -2.14. The maximum absolute atomic E-state index is 11.1. The molecular weight excluding hydrogens is 266 g/mol. The number of aromatic carboxylic acids is 1. The van der Waals surface area contributed by atoms with Gasteiger partial charge in [0.15, 0.2) is 5.69 Å². The van der Waals surface area contributed by atoms with E-state index in [1.165, 1.54) is 0 Å². The number of nitrogens with zero attached hydrogens (tertiary/aromatic N) is 1. The number of allylic oxidation sites excluding steroid dienone is 1. The molecule has 0 radical (unpaired) electrons. The monoisotopic (exact) mass is 283 g/mol. The van der Waals surface area contributed by atoms with Crippen LogP contribution in [0.5, 0.6) is 0 Å². The number of halogens is 1. The zero-order chi connectivity index (χ0) is 14.6. The van der Waals surface area contributed by atoms with Crippen LogP contribution in [0.4, 0.5) is 0 Å². The number of carboxylic acids is 1. The third-order valence-corrected chi connectivity index (χ3v) is 2.69. The maximum Gasteiger partial charge on any atom is 0.354 e. The molecule has 0 unspecified atom stereocenters. The Hall–Kier alpha value is -1.55. The van der Waals surface area contributed by atoms with Gasteiger partial charge in [-0.15, -0.1) is 0 Å². The number of rotatable bonds is 5. The van der Waals surface area contributed by atoms with E-state index in [0.29, 0.717) is 23.5 Å². The van der Waals surface area contributed by atoms with Gasteiger partial charge < -0.3 is 9.84 Å². The molecule has 1 rings (SSSR count). The van der Waals surface area contributed by atoms with Gasteiger partial charge in [-0.1, -0.05) is 25.4 Å². The average molecular weight is 284 g/mol. The second-order valence-corrected chi connectivity index (χ2v) is 4.87. The molecule has 1 N–H and O–H groups in total. The van der Waals surface area contributed by atoms with E-state index in [9.17, 15) is 4.79 Å². The molecule has 0 aliphatic rings. The molecule has 1 aromatic rings. The lowest BCUT2D eigenvalue weighted by Crippen LogP contribution is -2.07. The van der Waals surface area contributed by atoms with Gasteiger partial charge in [0, 0.05) is 5.56 Å². The van der Waals surface area contributed by atoms with Gasteiger partial charge in [0.1, 0.15) is 10.9 Å². The van der Waals surface area contributed by atoms with Gasteiger partial charge in [-0.25, -0.2) is 9.78 Å². The highest BCUT2D eigenvalue weighted by Crippen LogP contribution is 2.26. The van der Waals surface area contributed by atoms with Gasteiger partial charge in [-0.05, 0) is 37.5 Å². The second-order valence-electron chi connectivity index (χ2n) is 4.48. The zero-order valence-electron chi connectivity index (χ0n) is 11.5. The fourth-order valence-corrected chi connectivity index (χ4v) is 1.91. The number of carboxylic acid groups (broad SMARTS) is 1. The molecule has 104 valence electrons. The van der Waals surface area contributed by atoms with Gasteiger partial charge in [0.25, 0.3) is 0 Å².